The molecule has 45 heavy (non-hydrogen) atoms. The summed E-state index contributed by atoms with van der Waals surface area (Å²) in [6, 6.07) is 18.2. The maximum atomic E-state index is 14.4. The van der Waals surface area contributed by atoms with E-state index in [9.17, 15) is 18.0 Å². The van der Waals surface area contributed by atoms with Gasteiger partial charge in [0.25, 0.3) is 0 Å². The molecule has 1 atom stereocenters. The van der Waals surface area contributed by atoms with Crippen molar-refractivity contribution in [3.05, 3.63) is 87.9 Å². The lowest BCUT2D eigenvalue weighted by Gasteiger charge is -2.35. The number of rotatable bonds is 13. The minimum Gasteiger partial charge on any atom is -0.497 e. The normalized spacial score (nSPS) is 14.3. The Balaban J connectivity index is 1.78. The van der Waals surface area contributed by atoms with E-state index in [0.717, 1.165) is 48.2 Å². The van der Waals surface area contributed by atoms with Crippen molar-refractivity contribution in [3.8, 4) is 11.5 Å². The third-order valence-electron chi connectivity index (χ3n) is 7.89. The van der Waals surface area contributed by atoms with E-state index in [4.69, 9.17) is 32.7 Å². The smallest absolute Gasteiger partial charge is 0.244 e. The Kier molecular flexibility index (Phi) is 12.0. The molecule has 0 aromatic heterocycles. The van der Waals surface area contributed by atoms with Gasteiger partial charge in [0.1, 0.15) is 24.1 Å². The van der Waals surface area contributed by atoms with Crippen LogP contribution in [0.1, 0.15) is 43.2 Å². The molecule has 0 unspecified atom stereocenters. The Morgan fingerprint density at radius 3 is 2.24 bits per heavy atom. The highest BCUT2D eigenvalue weighted by molar-refractivity contribution is 7.92. The third-order valence-corrected chi connectivity index (χ3v) is 9.76. The SMILES string of the molecule is COc1ccc(OC)c(N(CC(=O)N(Cc2ccc(Cl)c(Cl)c2)[C@@H](Cc2ccccc2)C(=O)NC2CCCCC2)S(C)(=O)=O)c1. The van der Waals surface area contributed by atoms with Crippen LogP contribution in [0.15, 0.2) is 66.7 Å². The second-order valence-corrected chi connectivity index (χ2v) is 13.8. The van der Waals surface area contributed by atoms with Crippen molar-refractivity contribution in [3.63, 3.8) is 0 Å². The molecule has 9 nitrogen and oxygen atoms in total. The first-order valence-corrected chi connectivity index (χ1v) is 17.4. The second kappa shape index (κ2) is 15.7. The molecule has 4 rings (SSSR count). The van der Waals surface area contributed by atoms with E-state index in [0.29, 0.717) is 21.4 Å². The summed E-state index contributed by atoms with van der Waals surface area (Å²) in [6.07, 6.45) is 6.12. The summed E-state index contributed by atoms with van der Waals surface area (Å²) in [5, 5.41) is 3.83. The predicted molar refractivity (Wildman–Crippen MR) is 178 cm³/mol. The molecular formula is C33H39Cl2N3O6S. The van der Waals surface area contributed by atoms with Gasteiger partial charge in [-0.15, -0.1) is 0 Å². The van der Waals surface area contributed by atoms with Crippen LogP contribution in [0.5, 0.6) is 11.5 Å². The quantitative estimate of drug-likeness (QED) is 0.243. The van der Waals surface area contributed by atoms with E-state index in [1.165, 1.54) is 25.2 Å². The number of ether oxygens (including phenoxy) is 2. The molecule has 0 spiro atoms. The van der Waals surface area contributed by atoms with Crippen LogP contribution >= 0.6 is 23.2 Å². The number of hydrogen-bond acceptors (Lipinski definition) is 6. The van der Waals surface area contributed by atoms with Gasteiger partial charge < -0.3 is 19.7 Å². The summed E-state index contributed by atoms with van der Waals surface area (Å²) in [7, 11) is -1.14. The fraction of sp³-hybridized carbons (Fsp3) is 0.394. The van der Waals surface area contributed by atoms with Gasteiger partial charge in [0.05, 0.1) is 36.2 Å². The number of nitrogens with zero attached hydrogens (tertiary/aromatic N) is 2. The van der Waals surface area contributed by atoms with Gasteiger partial charge in [0.2, 0.25) is 21.8 Å². The predicted octanol–water partition coefficient (Wildman–Crippen LogP) is 5.87. The zero-order valence-electron chi connectivity index (χ0n) is 25.7. The van der Waals surface area contributed by atoms with Gasteiger partial charge >= 0.3 is 0 Å². The number of amides is 2. The molecule has 0 heterocycles. The van der Waals surface area contributed by atoms with E-state index < -0.39 is 28.5 Å². The molecule has 2 amide bonds. The van der Waals surface area contributed by atoms with Gasteiger partial charge in [0.15, 0.2) is 0 Å². The average molecular weight is 677 g/mol. The van der Waals surface area contributed by atoms with Crippen molar-refractivity contribution in [2.24, 2.45) is 0 Å². The molecule has 0 aliphatic heterocycles. The Labute approximate surface area is 275 Å². The maximum absolute atomic E-state index is 14.4. The van der Waals surface area contributed by atoms with E-state index in [1.54, 1.807) is 30.3 Å². The van der Waals surface area contributed by atoms with Gasteiger partial charge in [0, 0.05) is 25.1 Å². The second-order valence-electron chi connectivity index (χ2n) is 11.1. The molecule has 0 bridgehead atoms. The summed E-state index contributed by atoms with van der Waals surface area (Å²) < 4.78 is 38.2. The van der Waals surface area contributed by atoms with Gasteiger partial charge in [-0.1, -0.05) is 78.9 Å². The fourth-order valence-corrected chi connectivity index (χ4v) is 6.68. The Bertz CT molecular complexity index is 1580. The lowest BCUT2D eigenvalue weighted by atomic mass is 9.94. The summed E-state index contributed by atoms with van der Waals surface area (Å²) in [6.45, 7) is -0.607. The first kappa shape index (κ1) is 34.4. The molecular weight excluding hydrogens is 637 g/mol. The van der Waals surface area contributed by atoms with Crippen molar-refractivity contribution < 1.29 is 27.5 Å². The average Bonchev–Trinajstić information content (AvgIpc) is 3.03. The molecule has 3 aromatic carbocycles. The molecule has 1 fully saturated rings. The molecule has 3 aromatic rings. The van der Waals surface area contributed by atoms with Crippen molar-refractivity contribution in [2.75, 3.05) is 31.3 Å². The zero-order chi connectivity index (χ0) is 32.6. The summed E-state index contributed by atoms with van der Waals surface area (Å²) in [5.74, 6) is -0.269. The number of hydrogen-bond donors (Lipinski definition) is 1. The van der Waals surface area contributed by atoms with Crippen molar-refractivity contribution >= 4 is 50.7 Å². The van der Waals surface area contributed by atoms with E-state index in [1.807, 2.05) is 30.3 Å². The summed E-state index contributed by atoms with van der Waals surface area (Å²) in [5.41, 5.74) is 1.61. The molecule has 12 heteroatoms. The number of anilines is 1. The van der Waals surface area contributed by atoms with Crippen molar-refractivity contribution in [1.82, 2.24) is 10.2 Å². The highest BCUT2D eigenvalue weighted by Crippen LogP contribution is 2.34. The van der Waals surface area contributed by atoms with E-state index >= 15 is 0 Å². The number of carbonyl (C=O) groups excluding carboxylic acids is 2. The van der Waals surface area contributed by atoms with Crippen LogP contribution in [0, 0.1) is 0 Å². The lowest BCUT2D eigenvalue weighted by molar-refractivity contribution is -0.140. The van der Waals surface area contributed by atoms with Crippen LogP contribution in [-0.2, 0) is 32.6 Å². The molecule has 0 saturated heterocycles. The Morgan fingerprint density at radius 2 is 1.62 bits per heavy atom. The molecule has 1 aliphatic carbocycles. The van der Waals surface area contributed by atoms with Crippen LogP contribution in [-0.4, -0.2) is 64.2 Å². The molecule has 242 valence electrons. The Morgan fingerprint density at radius 1 is 0.911 bits per heavy atom. The van der Waals surface area contributed by atoms with Gasteiger partial charge in [-0.25, -0.2) is 8.42 Å². The molecule has 0 radical (unpaired) electrons. The number of carbonyl (C=O) groups is 2. The molecule has 1 saturated carbocycles. The fourth-order valence-electron chi connectivity index (χ4n) is 5.52. The zero-order valence-corrected chi connectivity index (χ0v) is 28.0. The largest absolute Gasteiger partial charge is 0.497 e. The number of methoxy groups -OCH3 is 2. The van der Waals surface area contributed by atoms with Gasteiger partial charge in [-0.3, -0.25) is 13.9 Å². The van der Waals surface area contributed by atoms with Gasteiger partial charge in [-0.05, 0) is 48.2 Å². The molecule has 1 N–H and O–H groups in total. The minimum atomic E-state index is -4.01. The summed E-state index contributed by atoms with van der Waals surface area (Å²) >= 11 is 12.5. The number of halogens is 2. The van der Waals surface area contributed by atoms with E-state index in [-0.39, 0.29) is 36.4 Å². The number of sulfonamides is 1. The summed E-state index contributed by atoms with van der Waals surface area (Å²) in [4.78, 5) is 29.9. The number of benzene rings is 3. The van der Waals surface area contributed by atoms with Crippen LogP contribution in [0.2, 0.25) is 10.0 Å². The van der Waals surface area contributed by atoms with Crippen molar-refractivity contribution in [2.45, 2.75) is 57.2 Å². The highest BCUT2D eigenvalue weighted by Gasteiger charge is 2.35. The van der Waals surface area contributed by atoms with E-state index in [2.05, 4.69) is 5.32 Å². The van der Waals surface area contributed by atoms with Crippen LogP contribution in [0.4, 0.5) is 5.69 Å². The van der Waals surface area contributed by atoms with Crippen molar-refractivity contribution in [1.29, 1.82) is 0 Å². The third kappa shape index (κ3) is 9.28. The monoisotopic (exact) mass is 675 g/mol. The maximum Gasteiger partial charge on any atom is 0.244 e. The topological polar surface area (TPSA) is 105 Å². The highest BCUT2D eigenvalue weighted by atomic mass is 35.5. The Hall–Kier alpha value is -3.47. The standard InChI is InChI=1S/C33H39Cl2N3O6S/c1-43-26-15-17-31(44-2)29(20-26)38(45(3,41)42)22-32(39)37(21-24-14-16-27(34)28(35)18-24)30(19-23-10-6-4-7-11-23)33(40)36-25-12-8-5-9-13-25/h4,6-7,10-11,14-18,20,25,30H,5,8-9,12-13,19,21-22H2,1-3H3,(H,36,40)/t30-/m0/s1. The van der Waals surface area contributed by atoms with Crippen LogP contribution in [0.25, 0.3) is 0 Å². The van der Waals surface area contributed by atoms with Gasteiger partial charge in [-0.2, -0.15) is 0 Å². The molecule has 1 aliphatic rings. The first-order chi connectivity index (χ1) is 21.5. The van der Waals surface area contributed by atoms with Crippen LogP contribution < -0.4 is 19.1 Å². The minimum absolute atomic E-state index is 0.0000135. The lowest BCUT2D eigenvalue weighted by Crippen LogP contribution is -2.55. The number of nitrogens with one attached hydrogen (secondary N) is 1. The first-order valence-electron chi connectivity index (χ1n) is 14.8. The van der Waals surface area contributed by atoms with Crippen LogP contribution in [0.3, 0.4) is 0 Å².